The van der Waals surface area contributed by atoms with Crippen LogP contribution in [0.4, 0.5) is 0 Å². The first kappa shape index (κ1) is 33.5. The number of amides is 2. The van der Waals surface area contributed by atoms with E-state index in [4.69, 9.17) is 23.2 Å². The Morgan fingerprint density at radius 1 is 1.00 bits per heavy atom. The number of carbonyl (C=O) groups excluding carboxylic acids is 2. The molecule has 1 aromatic carbocycles. The molecule has 2 saturated heterocycles. The molecule has 3 rings (SSSR count). The second-order valence-electron chi connectivity index (χ2n) is 10.6. The third-order valence-electron chi connectivity index (χ3n) is 7.37. The van der Waals surface area contributed by atoms with Gasteiger partial charge in [-0.1, -0.05) is 23.2 Å². The highest BCUT2D eigenvalue weighted by Gasteiger charge is 2.41. The van der Waals surface area contributed by atoms with Gasteiger partial charge in [-0.3, -0.25) is 9.59 Å². The van der Waals surface area contributed by atoms with Crippen LogP contribution in [-0.2, 0) is 34.4 Å². The van der Waals surface area contributed by atoms with E-state index >= 15 is 0 Å². The van der Waals surface area contributed by atoms with Crippen molar-refractivity contribution in [2.45, 2.75) is 74.6 Å². The monoisotopic (exact) mass is 654 g/mol. The molecule has 2 fully saturated rings. The molecule has 2 aliphatic rings. The van der Waals surface area contributed by atoms with E-state index in [1.165, 1.54) is 18.2 Å². The number of nitrogens with one attached hydrogen (secondary N) is 2. The number of hydrogen-bond donors (Lipinski definition) is 3. The van der Waals surface area contributed by atoms with Crippen LogP contribution in [0.15, 0.2) is 23.1 Å². The highest BCUT2D eigenvalue weighted by Crippen LogP contribution is 2.30. The van der Waals surface area contributed by atoms with Gasteiger partial charge in [-0.25, -0.2) is 26.4 Å². The van der Waals surface area contributed by atoms with Crippen molar-refractivity contribution in [1.82, 2.24) is 19.2 Å². The van der Waals surface area contributed by atoms with Gasteiger partial charge in [0, 0.05) is 42.6 Å². The molecule has 2 atom stereocenters. The predicted molar refractivity (Wildman–Crippen MR) is 154 cm³/mol. The van der Waals surface area contributed by atoms with E-state index in [0.29, 0.717) is 38.9 Å². The van der Waals surface area contributed by atoms with Crippen LogP contribution in [0.2, 0.25) is 10.0 Å². The van der Waals surface area contributed by atoms with E-state index in [9.17, 15) is 36.3 Å². The fourth-order valence-corrected chi connectivity index (χ4v) is 8.03. The molecule has 1 unspecified atom stereocenters. The standard InChI is InChI=1S/C25H36Cl2N4O8S2/c1-16(2)40(36,37)28-15-17-7-10-30(11-8-17)23(32)6-5-21(25(34)35)29-24(33)22-4-3-9-31(22)41(38,39)20-13-18(26)12-19(27)14-20/h12-14,16-17,21-22,28H,3-11,15H2,1-2H3,(H,29,33)(H,34,35)/t21?,22-/m1/s1. The molecule has 0 bridgehead atoms. The fraction of sp³-hybridized carbons (Fsp3) is 0.640. The first-order chi connectivity index (χ1) is 19.1. The lowest BCUT2D eigenvalue weighted by atomic mass is 9.96. The number of piperidine rings is 1. The number of nitrogens with zero attached hydrogens (tertiary/aromatic N) is 2. The maximum Gasteiger partial charge on any atom is 0.326 e. The Labute approximate surface area is 250 Å². The molecule has 41 heavy (non-hydrogen) atoms. The number of carboxylic acid groups (broad SMARTS) is 1. The zero-order chi connectivity index (χ0) is 30.5. The smallest absolute Gasteiger partial charge is 0.326 e. The van der Waals surface area contributed by atoms with Gasteiger partial charge in [0.15, 0.2) is 0 Å². The summed E-state index contributed by atoms with van der Waals surface area (Å²) < 4.78 is 54.0. The summed E-state index contributed by atoms with van der Waals surface area (Å²) in [4.78, 5) is 39.2. The van der Waals surface area contributed by atoms with Crippen LogP contribution in [0.1, 0.15) is 52.4 Å². The van der Waals surface area contributed by atoms with E-state index in [1.807, 2.05) is 0 Å². The average molecular weight is 656 g/mol. The minimum absolute atomic E-state index is 0.0651. The van der Waals surface area contributed by atoms with Crippen molar-refractivity contribution in [3.8, 4) is 0 Å². The van der Waals surface area contributed by atoms with Crippen LogP contribution < -0.4 is 10.0 Å². The summed E-state index contributed by atoms with van der Waals surface area (Å²) in [7, 11) is -7.51. The van der Waals surface area contributed by atoms with Crippen molar-refractivity contribution < 1.29 is 36.3 Å². The number of aliphatic carboxylic acids is 1. The maximum atomic E-state index is 13.2. The molecule has 0 radical (unpaired) electrons. The van der Waals surface area contributed by atoms with E-state index in [0.717, 1.165) is 4.31 Å². The Morgan fingerprint density at radius 2 is 1.61 bits per heavy atom. The zero-order valence-electron chi connectivity index (χ0n) is 22.9. The maximum absolute atomic E-state index is 13.2. The van der Waals surface area contributed by atoms with Crippen LogP contribution in [0, 0.1) is 5.92 Å². The Bertz CT molecular complexity index is 1330. The fourth-order valence-electron chi connectivity index (χ4n) is 4.84. The number of carboxylic acids is 1. The molecule has 230 valence electrons. The molecule has 2 amide bonds. The van der Waals surface area contributed by atoms with Gasteiger partial charge in [0.1, 0.15) is 12.1 Å². The summed E-state index contributed by atoms with van der Waals surface area (Å²) >= 11 is 11.9. The first-order valence-corrected chi connectivity index (χ1v) is 17.1. The van der Waals surface area contributed by atoms with Crippen LogP contribution >= 0.6 is 23.2 Å². The lowest BCUT2D eigenvalue weighted by Crippen LogP contribution is -2.51. The number of hydrogen-bond acceptors (Lipinski definition) is 7. The number of carbonyl (C=O) groups is 3. The third-order valence-corrected chi connectivity index (χ3v) is 11.5. The van der Waals surface area contributed by atoms with Gasteiger partial charge in [-0.15, -0.1) is 0 Å². The van der Waals surface area contributed by atoms with E-state index in [-0.39, 0.29) is 52.6 Å². The normalized spacial score (nSPS) is 19.8. The molecule has 16 heteroatoms. The van der Waals surface area contributed by atoms with Gasteiger partial charge in [0.25, 0.3) is 0 Å². The molecule has 0 aromatic heterocycles. The minimum Gasteiger partial charge on any atom is -0.480 e. The van der Waals surface area contributed by atoms with Crippen molar-refractivity contribution in [1.29, 1.82) is 0 Å². The number of rotatable bonds is 12. The lowest BCUT2D eigenvalue weighted by molar-refractivity contribution is -0.143. The molecule has 0 aliphatic carbocycles. The predicted octanol–water partition coefficient (Wildman–Crippen LogP) is 2.06. The first-order valence-electron chi connectivity index (χ1n) is 13.4. The summed E-state index contributed by atoms with van der Waals surface area (Å²) in [5.74, 6) is -2.28. The number of sulfonamides is 2. The highest BCUT2D eigenvalue weighted by atomic mass is 35.5. The van der Waals surface area contributed by atoms with Crippen LogP contribution in [0.5, 0.6) is 0 Å². The van der Waals surface area contributed by atoms with Crippen molar-refractivity contribution in [3.63, 3.8) is 0 Å². The van der Waals surface area contributed by atoms with Gasteiger partial charge >= 0.3 is 5.97 Å². The van der Waals surface area contributed by atoms with E-state index in [2.05, 4.69) is 10.0 Å². The van der Waals surface area contributed by atoms with Crippen molar-refractivity contribution >= 4 is 61.0 Å². The van der Waals surface area contributed by atoms with Crippen LogP contribution in [-0.4, -0.2) is 92.4 Å². The number of halogens is 2. The van der Waals surface area contributed by atoms with Gasteiger partial charge in [-0.05, 0) is 70.1 Å². The molecule has 12 nitrogen and oxygen atoms in total. The van der Waals surface area contributed by atoms with Gasteiger partial charge < -0.3 is 15.3 Å². The lowest BCUT2D eigenvalue weighted by Gasteiger charge is -2.32. The summed E-state index contributed by atoms with van der Waals surface area (Å²) in [5.41, 5.74) is 0. The van der Waals surface area contributed by atoms with E-state index in [1.54, 1.807) is 18.7 Å². The van der Waals surface area contributed by atoms with Gasteiger partial charge in [0.2, 0.25) is 31.9 Å². The highest BCUT2D eigenvalue weighted by molar-refractivity contribution is 7.90. The second-order valence-corrected chi connectivity index (χ2v) is 15.7. The van der Waals surface area contributed by atoms with Gasteiger partial charge in [-0.2, -0.15) is 4.31 Å². The molecule has 0 spiro atoms. The molecule has 1 aromatic rings. The molecule has 2 heterocycles. The molecule has 3 N–H and O–H groups in total. The van der Waals surface area contributed by atoms with Gasteiger partial charge in [0.05, 0.1) is 10.1 Å². The second kappa shape index (κ2) is 14.0. The third kappa shape index (κ3) is 8.77. The minimum atomic E-state index is -4.14. The molecule has 2 aliphatic heterocycles. The van der Waals surface area contributed by atoms with Crippen LogP contribution in [0.3, 0.4) is 0 Å². The zero-order valence-corrected chi connectivity index (χ0v) is 26.0. The number of likely N-dealkylation sites (tertiary alicyclic amines) is 1. The van der Waals surface area contributed by atoms with E-state index < -0.39 is 49.3 Å². The summed E-state index contributed by atoms with van der Waals surface area (Å²) in [6, 6.07) is 1.33. The van der Waals surface area contributed by atoms with Crippen LogP contribution in [0.25, 0.3) is 0 Å². The topological polar surface area (TPSA) is 170 Å². The Kier molecular flexibility index (Phi) is 11.5. The quantitative estimate of drug-likeness (QED) is 0.307. The number of benzene rings is 1. The molecular weight excluding hydrogens is 619 g/mol. The Balaban J connectivity index is 1.54. The largest absolute Gasteiger partial charge is 0.480 e. The summed E-state index contributed by atoms with van der Waals surface area (Å²) in [6.07, 6.45) is 1.52. The Morgan fingerprint density at radius 3 is 2.17 bits per heavy atom. The molecule has 0 saturated carbocycles. The van der Waals surface area contributed by atoms with Crippen molar-refractivity contribution in [2.75, 3.05) is 26.2 Å². The average Bonchev–Trinajstić information content (AvgIpc) is 3.40. The van der Waals surface area contributed by atoms with Crippen molar-refractivity contribution in [2.24, 2.45) is 5.92 Å². The SMILES string of the molecule is CC(C)S(=O)(=O)NCC1CCN(C(=O)CCC(NC(=O)[C@H]2CCCN2S(=O)(=O)c2cc(Cl)cc(Cl)c2)C(=O)O)CC1. The van der Waals surface area contributed by atoms with Crippen molar-refractivity contribution in [3.05, 3.63) is 28.2 Å². The summed E-state index contributed by atoms with van der Waals surface area (Å²) in [6.45, 7) is 4.39. The molecular formula is C25H36Cl2N4O8S2. The Hall–Kier alpha value is -1.97. The summed E-state index contributed by atoms with van der Waals surface area (Å²) in [5, 5.41) is 11.8.